The molecule has 1 atom stereocenters. The van der Waals surface area contributed by atoms with E-state index in [0.29, 0.717) is 12.5 Å². The molecule has 0 bridgehead atoms. The molecule has 1 N–H and O–H groups in total. The number of nitrogens with zero attached hydrogens (tertiary/aromatic N) is 1. The zero-order valence-electron chi connectivity index (χ0n) is 13.5. The predicted octanol–water partition coefficient (Wildman–Crippen LogP) is 3.97. The molecule has 118 valence electrons. The number of fused-ring (bicyclic) bond motifs is 5. The van der Waals surface area contributed by atoms with Crippen molar-refractivity contribution in [2.75, 3.05) is 13.7 Å². The van der Waals surface area contributed by atoms with Crippen molar-refractivity contribution < 1.29 is 9.84 Å². The normalized spacial score (nSPS) is 16.2. The van der Waals surface area contributed by atoms with Gasteiger partial charge in [0.2, 0.25) is 0 Å². The fourth-order valence-electron chi connectivity index (χ4n) is 4.03. The highest BCUT2D eigenvalue weighted by atomic mass is 16.5. The van der Waals surface area contributed by atoms with Crippen LogP contribution in [0.1, 0.15) is 24.0 Å². The van der Waals surface area contributed by atoms with Gasteiger partial charge in [-0.3, -0.25) is 0 Å². The lowest BCUT2D eigenvalue weighted by Gasteiger charge is -2.24. The van der Waals surface area contributed by atoms with E-state index in [1.165, 1.54) is 27.8 Å². The third kappa shape index (κ3) is 2.00. The summed E-state index contributed by atoms with van der Waals surface area (Å²) in [6.45, 7) is 3.01. The van der Waals surface area contributed by atoms with Crippen molar-refractivity contribution in [3.05, 3.63) is 53.6 Å². The Balaban J connectivity index is 2.16. The first-order valence-corrected chi connectivity index (χ1v) is 8.14. The lowest BCUT2D eigenvalue weighted by Crippen LogP contribution is -2.11. The van der Waals surface area contributed by atoms with Crippen molar-refractivity contribution >= 4 is 10.9 Å². The molecule has 0 radical (unpaired) electrons. The van der Waals surface area contributed by atoms with E-state index in [0.717, 1.165) is 17.7 Å². The van der Waals surface area contributed by atoms with Gasteiger partial charge in [-0.25, -0.2) is 0 Å². The van der Waals surface area contributed by atoms with Crippen LogP contribution in [-0.2, 0) is 13.0 Å². The van der Waals surface area contributed by atoms with Gasteiger partial charge in [0, 0.05) is 17.5 Å². The molecule has 0 amide bonds. The molecule has 1 heterocycles. The smallest absolute Gasteiger partial charge is 0.128 e. The van der Waals surface area contributed by atoms with E-state index in [4.69, 9.17) is 4.74 Å². The van der Waals surface area contributed by atoms with Gasteiger partial charge >= 0.3 is 0 Å². The zero-order chi connectivity index (χ0) is 16.0. The molecule has 3 heteroatoms. The average Bonchev–Trinajstić information content (AvgIpc) is 2.91. The van der Waals surface area contributed by atoms with Crippen molar-refractivity contribution in [1.82, 2.24) is 4.57 Å². The van der Waals surface area contributed by atoms with Crippen LogP contribution in [0.5, 0.6) is 5.75 Å². The van der Waals surface area contributed by atoms with Gasteiger partial charge in [-0.1, -0.05) is 37.3 Å². The number of benzene rings is 2. The van der Waals surface area contributed by atoms with E-state index >= 15 is 0 Å². The largest absolute Gasteiger partial charge is 0.496 e. The summed E-state index contributed by atoms with van der Waals surface area (Å²) in [5.74, 6) is 1.35. The summed E-state index contributed by atoms with van der Waals surface area (Å²) in [6.07, 6.45) is 1.04. The molecule has 23 heavy (non-hydrogen) atoms. The highest BCUT2D eigenvalue weighted by molar-refractivity contribution is 5.98. The highest BCUT2D eigenvalue weighted by Gasteiger charge is 2.29. The third-order valence-corrected chi connectivity index (χ3v) is 4.92. The molecule has 0 aliphatic heterocycles. The molecule has 0 saturated carbocycles. The Morgan fingerprint density at radius 1 is 1.17 bits per heavy atom. The lowest BCUT2D eigenvalue weighted by atomic mass is 9.82. The molecule has 1 unspecified atom stereocenters. The Kier molecular flexibility index (Phi) is 3.38. The third-order valence-electron chi connectivity index (χ3n) is 4.92. The molecule has 0 spiro atoms. The quantitative estimate of drug-likeness (QED) is 0.794. The fourth-order valence-corrected chi connectivity index (χ4v) is 4.03. The van der Waals surface area contributed by atoms with Crippen molar-refractivity contribution in [1.29, 1.82) is 0 Å². The van der Waals surface area contributed by atoms with E-state index < -0.39 is 0 Å². The number of methoxy groups -OCH3 is 1. The standard InChI is InChI=1S/C20H21NO2/c1-13-12-14-6-3-4-7-15(14)20-18(13)19-16(21(20)10-11-22)8-5-9-17(19)23-2/h3-9,13,22H,10-12H2,1-2H3. The fraction of sp³-hybridized carbons (Fsp3) is 0.300. The Labute approximate surface area is 136 Å². The van der Waals surface area contributed by atoms with E-state index in [-0.39, 0.29) is 6.61 Å². The number of aliphatic hydroxyl groups excluding tert-OH is 1. The molecule has 1 aliphatic carbocycles. The Morgan fingerprint density at radius 3 is 2.78 bits per heavy atom. The van der Waals surface area contributed by atoms with Crippen LogP contribution >= 0.6 is 0 Å². The molecule has 3 nitrogen and oxygen atoms in total. The van der Waals surface area contributed by atoms with Gasteiger partial charge < -0.3 is 14.4 Å². The van der Waals surface area contributed by atoms with Gasteiger partial charge in [-0.05, 0) is 35.6 Å². The first kappa shape index (κ1) is 14.3. The lowest BCUT2D eigenvalue weighted by molar-refractivity contribution is 0.278. The number of aliphatic hydroxyl groups is 1. The maximum Gasteiger partial charge on any atom is 0.128 e. The van der Waals surface area contributed by atoms with Crippen molar-refractivity contribution in [3.63, 3.8) is 0 Å². The Bertz CT molecular complexity index is 879. The van der Waals surface area contributed by atoms with Crippen LogP contribution < -0.4 is 4.74 Å². The highest BCUT2D eigenvalue weighted by Crippen LogP contribution is 2.47. The van der Waals surface area contributed by atoms with Gasteiger partial charge in [0.1, 0.15) is 5.75 Å². The second-order valence-corrected chi connectivity index (χ2v) is 6.25. The zero-order valence-corrected chi connectivity index (χ0v) is 13.5. The van der Waals surface area contributed by atoms with Gasteiger partial charge in [0.05, 0.1) is 24.9 Å². The maximum absolute atomic E-state index is 9.59. The van der Waals surface area contributed by atoms with Crippen molar-refractivity contribution in [3.8, 4) is 17.0 Å². The number of hydrogen-bond acceptors (Lipinski definition) is 2. The number of hydrogen-bond donors (Lipinski definition) is 1. The molecule has 1 aromatic heterocycles. The summed E-state index contributed by atoms with van der Waals surface area (Å²) in [7, 11) is 1.73. The molecule has 3 aromatic rings. The molecule has 1 aliphatic rings. The van der Waals surface area contributed by atoms with E-state index in [2.05, 4.69) is 41.8 Å². The minimum absolute atomic E-state index is 0.129. The first-order valence-electron chi connectivity index (χ1n) is 8.14. The summed E-state index contributed by atoms with van der Waals surface area (Å²) >= 11 is 0. The second kappa shape index (κ2) is 5.43. The van der Waals surface area contributed by atoms with Crippen LogP contribution in [0.15, 0.2) is 42.5 Å². The van der Waals surface area contributed by atoms with Crippen LogP contribution in [0.25, 0.3) is 22.2 Å². The molecule has 0 fully saturated rings. The Morgan fingerprint density at radius 2 is 2.00 bits per heavy atom. The van der Waals surface area contributed by atoms with Crippen LogP contribution in [0.3, 0.4) is 0 Å². The van der Waals surface area contributed by atoms with Crippen molar-refractivity contribution in [2.45, 2.75) is 25.8 Å². The molecule has 2 aromatic carbocycles. The van der Waals surface area contributed by atoms with Crippen molar-refractivity contribution in [2.24, 2.45) is 0 Å². The summed E-state index contributed by atoms with van der Waals surface area (Å²) < 4.78 is 7.90. The second-order valence-electron chi connectivity index (χ2n) is 6.25. The summed E-state index contributed by atoms with van der Waals surface area (Å²) in [6, 6.07) is 14.8. The van der Waals surface area contributed by atoms with E-state index in [9.17, 15) is 5.11 Å². The molecular formula is C20H21NO2. The number of rotatable bonds is 3. The maximum atomic E-state index is 9.59. The SMILES string of the molecule is COc1cccc2c1c1c(n2CCO)-c2ccccc2CC1C. The average molecular weight is 307 g/mol. The minimum atomic E-state index is 0.129. The van der Waals surface area contributed by atoms with Gasteiger partial charge in [-0.2, -0.15) is 0 Å². The van der Waals surface area contributed by atoms with Crippen LogP contribution in [-0.4, -0.2) is 23.4 Å². The van der Waals surface area contributed by atoms with E-state index in [1.807, 2.05) is 12.1 Å². The molecule has 4 rings (SSSR count). The van der Waals surface area contributed by atoms with Crippen LogP contribution in [0, 0.1) is 0 Å². The van der Waals surface area contributed by atoms with Crippen LogP contribution in [0.2, 0.25) is 0 Å². The van der Waals surface area contributed by atoms with Gasteiger partial charge in [0.15, 0.2) is 0 Å². The van der Waals surface area contributed by atoms with E-state index in [1.54, 1.807) is 7.11 Å². The summed E-state index contributed by atoms with van der Waals surface area (Å²) in [5.41, 5.74) is 6.41. The number of ether oxygens (including phenoxy) is 1. The first-order chi connectivity index (χ1) is 11.3. The monoisotopic (exact) mass is 307 g/mol. The Hall–Kier alpha value is -2.26. The molecular weight excluding hydrogens is 286 g/mol. The minimum Gasteiger partial charge on any atom is -0.496 e. The summed E-state index contributed by atoms with van der Waals surface area (Å²) in [5, 5.41) is 10.8. The van der Waals surface area contributed by atoms with Gasteiger partial charge in [0.25, 0.3) is 0 Å². The topological polar surface area (TPSA) is 34.4 Å². The molecule has 0 saturated heterocycles. The predicted molar refractivity (Wildman–Crippen MR) is 93.1 cm³/mol. The van der Waals surface area contributed by atoms with Crippen LogP contribution in [0.4, 0.5) is 0 Å². The number of aromatic nitrogens is 1. The summed E-state index contributed by atoms with van der Waals surface area (Å²) in [4.78, 5) is 0. The van der Waals surface area contributed by atoms with Gasteiger partial charge in [-0.15, -0.1) is 0 Å².